The van der Waals surface area contributed by atoms with Gasteiger partial charge in [-0.05, 0) is 54.3 Å². The summed E-state index contributed by atoms with van der Waals surface area (Å²) >= 11 is 0. The predicted molar refractivity (Wildman–Crippen MR) is 66.3 cm³/mol. The van der Waals surface area contributed by atoms with Crippen LogP contribution in [0.4, 0.5) is 0 Å². The Bertz CT molecular complexity index is 554. The molecule has 2 aromatic rings. The molecule has 0 radical (unpaired) electrons. The van der Waals surface area contributed by atoms with Gasteiger partial charge in [-0.1, -0.05) is 6.07 Å². The Morgan fingerprint density at radius 1 is 0.765 bits per heavy atom. The minimum atomic E-state index is 0.000367. The first kappa shape index (κ1) is 11.3. The number of phenolic OH excluding ortho intramolecular Hbond substituents is 3. The normalized spacial score (nSPS) is 10.5. The molecule has 0 atom stereocenters. The average Bonchev–Trinajstić information content (AvgIpc) is 2.22. The first-order valence-electron chi connectivity index (χ1n) is 5.31. The Balaban J connectivity index is 2.67. The summed E-state index contributed by atoms with van der Waals surface area (Å²) in [5, 5.41) is 28.7. The van der Waals surface area contributed by atoms with Gasteiger partial charge in [-0.25, -0.2) is 0 Å². The molecular weight excluding hydrogens is 216 g/mol. The number of aromatic hydroxyl groups is 3. The van der Waals surface area contributed by atoms with Gasteiger partial charge in [0.1, 0.15) is 17.2 Å². The van der Waals surface area contributed by atoms with Gasteiger partial charge in [0.25, 0.3) is 0 Å². The third kappa shape index (κ3) is 2.18. The quantitative estimate of drug-likeness (QED) is 0.705. The van der Waals surface area contributed by atoms with Gasteiger partial charge in [0, 0.05) is 6.07 Å². The maximum Gasteiger partial charge on any atom is 0.119 e. The van der Waals surface area contributed by atoms with Crippen molar-refractivity contribution in [3.05, 3.63) is 41.5 Å². The third-order valence-corrected chi connectivity index (χ3v) is 2.74. The van der Waals surface area contributed by atoms with Crippen LogP contribution in [0, 0.1) is 13.8 Å². The minimum absolute atomic E-state index is 0.000367. The lowest BCUT2D eigenvalue weighted by Crippen LogP contribution is -1.86. The van der Waals surface area contributed by atoms with Crippen LogP contribution in [0.3, 0.4) is 0 Å². The van der Waals surface area contributed by atoms with Crippen molar-refractivity contribution in [2.75, 3.05) is 0 Å². The van der Waals surface area contributed by atoms with Crippen molar-refractivity contribution in [3.63, 3.8) is 0 Å². The van der Waals surface area contributed by atoms with E-state index in [-0.39, 0.29) is 17.2 Å². The topological polar surface area (TPSA) is 60.7 Å². The Labute approximate surface area is 99.6 Å². The largest absolute Gasteiger partial charge is 0.508 e. The maximum atomic E-state index is 9.76. The van der Waals surface area contributed by atoms with Crippen molar-refractivity contribution in [2.45, 2.75) is 13.8 Å². The highest BCUT2D eigenvalue weighted by atomic mass is 16.3. The summed E-state index contributed by atoms with van der Waals surface area (Å²) in [5.74, 6) is 0.212. The van der Waals surface area contributed by atoms with Crippen LogP contribution >= 0.6 is 0 Å². The van der Waals surface area contributed by atoms with Crippen LogP contribution in [0.15, 0.2) is 30.3 Å². The van der Waals surface area contributed by atoms with E-state index >= 15 is 0 Å². The summed E-state index contributed by atoms with van der Waals surface area (Å²) in [4.78, 5) is 0. The van der Waals surface area contributed by atoms with Gasteiger partial charge in [0.15, 0.2) is 0 Å². The monoisotopic (exact) mass is 230 g/mol. The molecule has 0 saturated carbocycles. The van der Waals surface area contributed by atoms with Crippen molar-refractivity contribution >= 4 is 0 Å². The zero-order valence-corrected chi connectivity index (χ0v) is 9.73. The SMILES string of the molecule is Cc1cc(O)c(C)c(-c2cc(O)cc(O)c2)c1. The molecule has 2 rings (SSSR count). The third-order valence-electron chi connectivity index (χ3n) is 2.74. The molecule has 3 N–H and O–H groups in total. The first-order valence-corrected chi connectivity index (χ1v) is 5.31. The van der Waals surface area contributed by atoms with Crippen molar-refractivity contribution in [1.82, 2.24) is 0 Å². The summed E-state index contributed by atoms with van der Waals surface area (Å²) in [6.07, 6.45) is 0. The zero-order chi connectivity index (χ0) is 12.6. The summed E-state index contributed by atoms with van der Waals surface area (Å²) in [6, 6.07) is 7.97. The van der Waals surface area contributed by atoms with Crippen LogP contribution in [0.1, 0.15) is 11.1 Å². The van der Waals surface area contributed by atoms with Crippen LogP contribution < -0.4 is 0 Å². The van der Waals surface area contributed by atoms with Crippen LogP contribution in [0.5, 0.6) is 17.2 Å². The fourth-order valence-corrected chi connectivity index (χ4v) is 1.89. The van der Waals surface area contributed by atoms with E-state index in [2.05, 4.69) is 0 Å². The van der Waals surface area contributed by atoms with E-state index in [0.29, 0.717) is 5.56 Å². The summed E-state index contributed by atoms with van der Waals surface area (Å²) in [7, 11) is 0. The molecular formula is C14H14O3. The van der Waals surface area contributed by atoms with E-state index < -0.39 is 0 Å². The second-order valence-corrected chi connectivity index (χ2v) is 4.19. The van der Waals surface area contributed by atoms with E-state index in [0.717, 1.165) is 16.7 Å². The van der Waals surface area contributed by atoms with Crippen molar-refractivity contribution in [2.24, 2.45) is 0 Å². The molecule has 0 aromatic heterocycles. The first-order chi connectivity index (χ1) is 7.97. The lowest BCUT2D eigenvalue weighted by Gasteiger charge is -2.10. The van der Waals surface area contributed by atoms with Crippen molar-refractivity contribution < 1.29 is 15.3 Å². The smallest absolute Gasteiger partial charge is 0.119 e. The van der Waals surface area contributed by atoms with Crippen LogP contribution in [-0.4, -0.2) is 15.3 Å². The Morgan fingerprint density at radius 2 is 1.35 bits per heavy atom. The van der Waals surface area contributed by atoms with Gasteiger partial charge in [-0.3, -0.25) is 0 Å². The van der Waals surface area contributed by atoms with Gasteiger partial charge in [0.2, 0.25) is 0 Å². The van der Waals surface area contributed by atoms with Crippen LogP contribution in [0.25, 0.3) is 11.1 Å². The molecule has 3 heteroatoms. The van der Waals surface area contributed by atoms with E-state index in [1.165, 1.54) is 6.07 Å². The molecule has 0 unspecified atom stereocenters. The molecule has 2 aromatic carbocycles. The minimum Gasteiger partial charge on any atom is -0.508 e. The molecule has 0 saturated heterocycles. The lowest BCUT2D eigenvalue weighted by molar-refractivity contribution is 0.451. The summed E-state index contributed by atoms with van der Waals surface area (Å²) < 4.78 is 0. The number of benzene rings is 2. The molecule has 0 spiro atoms. The molecule has 88 valence electrons. The fourth-order valence-electron chi connectivity index (χ4n) is 1.89. The molecule has 0 bridgehead atoms. The molecule has 0 aliphatic rings. The second kappa shape index (κ2) is 4.01. The molecule has 0 aliphatic heterocycles. The molecule has 0 aliphatic carbocycles. The van der Waals surface area contributed by atoms with Crippen LogP contribution in [0.2, 0.25) is 0 Å². The highest BCUT2D eigenvalue weighted by molar-refractivity contribution is 5.72. The Kier molecular flexibility index (Phi) is 2.68. The fraction of sp³-hybridized carbons (Fsp3) is 0.143. The number of hydrogen-bond donors (Lipinski definition) is 3. The van der Waals surface area contributed by atoms with Gasteiger partial charge >= 0.3 is 0 Å². The number of phenols is 3. The highest BCUT2D eigenvalue weighted by Gasteiger charge is 2.09. The maximum absolute atomic E-state index is 9.76. The molecule has 0 heterocycles. The van der Waals surface area contributed by atoms with Gasteiger partial charge in [-0.2, -0.15) is 0 Å². The molecule has 0 amide bonds. The molecule has 17 heavy (non-hydrogen) atoms. The van der Waals surface area contributed by atoms with E-state index in [1.807, 2.05) is 13.0 Å². The van der Waals surface area contributed by atoms with E-state index in [1.54, 1.807) is 25.1 Å². The number of rotatable bonds is 1. The number of hydrogen-bond acceptors (Lipinski definition) is 3. The Hall–Kier alpha value is -2.16. The van der Waals surface area contributed by atoms with Crippen molar-refractivity contribution in [1.29, 1.82) is 0 Å². The molecule has 3 nitrogen and oxygen atoms in total. The van der Waals surface area contributed by atoms with E-state index in [9.17, 15) is 15.3 Å². The standard InChI is InChI=1S/C14H14O3/c1-8-3-13(9(2)14(17)4-8)10-5-11(15)7-12(16)6-10/h3-7,15-17H,1-2H3. The second-order valence-electron chi connectivity index (χ2n) is 4.19. The van der Waals surface area contributed by atoms with Gasteiger partial charge in [-0.15, -0.1) is 0 Å². The lowest BCUT2D eigenvalue weighted by atomic mass is 9.97. The van der Waals surface area contributed by atoms with Crippen LogP contribution in [-0.2, 0) is 0 Å². The van der Waals surface area contributed by atoms with E-state index in [4.69, 9.17) is 0 Å². The highest BCUT2D eigenvalue weighted by Crippen LogP contribution is 2.34. The zero-order valence-electron chi connectivity index (χ0n) is 9.73. The number of aryl methyl sites for hydroxylation is 1. The van der Waals surface area contributed by atoms with Gasteiger partial charge in [0.05, 0.1) is 0 Å². The van der Waals surface area contributed by atoms with Crippen molar-refractivity contribution in [3.8, 4) is 28.4 Å². The summed E-state index contributed by atoms with van der Waals surface area (Å²) in [6.45, 7) is 3.68. The molecule has 0 fully saturated rings. The predicted octanol–water partition coefficient (Wildman–Crippen LogP) is 3.09. The van der Waals surface area contributed by atoms with Gasteiger partial charge < -0.3 is 15.3 Å². The average molecular weight is 230 g/mol. The summed E-state index contributed by atoms with van der Waals surface area (Å²) in [5.41, 5.74) is 3.12. The Morgan fingerprint density at radius 3 is 1.94 bits per heavy atom.